The van der Waals surface area contributed by atoms with Crippen LogP contribution in [-0.2, 0) is 23.3 Å². The van der Waals surface area contributed by atoms with Gasteiger partial charge in [0.15, 0.2) is 0 Å². The Balaban J connectivity index is 1.60. The number of ether oxygens (including phenoxy) is 3. The van der Waals surface area contributed by atoms with Gasteiger partial charge in [0.05, 0.1) is 0 Å². The molecule has 0 aromatic carbocycles. The van der Waals surface area contributed by atoms with Crippen LogP contribution >= 0.6 is 8.09 Å². The Kier molecular flexibility index (Phi) is 7.15. The van der Waals surface area contributed by atoms with Crippen molar-refractivity contribution >= 4 is 31.2 Å². The van der Waals surface area contributed by atoms with Gasteiger partial charge in [0, 0.05) is 0 Å². The molecule has 0 bridgehead atoms. The quantitative estimate of drug-likeness (QED) is 0.340. The molecule has 2 fully saturated rings. The second kappa shape index (κ2) is 9.68. The monoisotopic (exact) mass is 518 g/mol. The van der Waals surface area contributed by atoms with Gasteiger partial charge < -0.3 is 0 Å². The molecule has 0 saturated carbocycles. The summed E-state index contributed by atoms with van der Waals surface area (Å²) in [6, 6.07) is -0.901. The molecule has 2 aliphatic rings. The number of nitrogens with two attached hydrogens (primary N) is 1. The van der Waals surface area contributed by atoms with Crippen LogP contribution in [0, 0.1) is 5.92 Å². The van der Waals surface area contributed by atoms with Gasteiger partial charge in [0.25, 0.3) is 0 Å². The van der Waals surface area contributed by atoms with E-state index in [0.29, 0.717) is 12.1 Å². The van der Waals surface area contributed by atoms with E-state index in [9.17, 15) is 9.69 Å². The van der Waals surface area contributed by atoms with E-state index in [1.165, 1.54) is 17.8 Å². The van der Waals surface area contributed by atoms with Crippen molar-refractivity contribution < 1.29 is 37.3 Å². The second-order valence-electron chi connectivity index (χ2n) is 8.87. The first-order valence-electron chi connectivity index (χ1n) is 11.5. The van der Waals surface area contributed by atoms with Crippen molar-refractivity contribution in [3.8, 4) is 5.88 Å². The summed E-state index contributed by atoms with van der Waals surface area (Å²) in [5.41, 5.74) is 4.20. The Morgan fingerprint density at radius 1 is 1.43 bits per heavy atom. The molecular weight excluding hydrogens is 486 g/mol. The van der Waals surface area contributed by atoms with Crippen LogP contribution in [-0.4, -0.2) is 74.1 Å². The third-order valence-electron chi connectivity index (χ3n) is 5.90. The van der Waals surface area contributed by atoms with E-state index >= 15 is 4.39 Å². The summed E-state index contributed by atoms with van der Waals surface area (Å²) in [5.74, 6) is -0.702. The van der Waals surface area contributed by atoms with E-state index in [0.717, 1.165) is 0 Å². The number of esters is 1. The number of alkyl halides is 1. The molecule has 0 radical (unpaired) electrons. The first-order valence-corrected chi connectivity index (χ1v) is 13.2. The van der Waals surface area contributed by atoms with Gasteiger partial charge in [-0.3, -0.25) is 0 Å². The summed E-state index contributed by atoms with van der Waals surface area (Å²) in [7, 11) is -4.19. The third-order valence-corrected chi connectivity index (χ3v) is 7.70. The molecule has 2 saturated heterocycles. The number of carbonyl (C=O) groups is 1. The van der Waals surface area contributed by atoms with E-state index in [-0.39, 0.29) is 36.6 Å². The number of nitrogen functional groups attached to an aromatic ring is 1. The molecule has 2 aromatic heterocycles. The first kappa shape index (κ1) is 25.9. The summed E-state index contributed by atoms with van der Waals surface area (Å²) in [6.07, 6.45) is -1.91. The molecule has 0 aliphatic carbocycles. The Bertz CT molecular complexity index is 1090. The third kappa shape index (κ3) is 4.78. The number of hydrogen-bond acceptors (Lipinski definition) is 12. The van der Waals surface area contributed by atoms with Crippen molar-refractivity contribution in [2.45, 2.75) is 64.8 Å². The molecule has 0 spiro atoms. The molecule has 15 heteroatoms. The van der Waals surface area contributed by atoms with Gasteiger partial charge in [-0.1, -0.05) is 0 Å². The van der Waals surface area contributed by atoms with Crippen LogP contribution in [0.4, 0.5) is 10.3 Å². The minimum atomic E-state index is -4.19. The molecule has 35 heavy (non-hydrogen) atoms. The average molecular weight is 518 g/mol. The van der Waals surface area contributed by atoms with E-state index < -0.39 is 44.2 Å². The number of nitrogens with zero attached hydrogens (tertiary/aromatic N) is 4. The van der Waals surface area contributed by atoms with Crippen LogP contribution < -0.4 is 15.6 Å². The maximum atomic E-state index is 16.3. The second-order valence-corrected chi connectivity index (χ2v) is 10.8. The van der Waals surface area contributed by atoms with Gasteiger partial charge in [-0.15, -0.1) is 0 Å². The minimum absolute atomic E-state index is 0.0667. The van der Waals surface area contributed by atoms with Crippen molar-refractivity contribution in [3.63, 3.8) is 0 Å². The number of carbonyl (C=O) groups excluding carboxylic acids is 1. The molecule has 0 amide bonds. The van der Waals surface area contributed by atoms with Crippen LogP contribution in [0.5, 0.6) is 5.88 Å². The predicted molar refractivity (Wildman–Crippen MR) is 124 cm³/mol. The molecule has 5 atom stereocenters. The fourth-order valence-corrected chi connectivity index (χ4v) is 6.43. The first-order chi connectivity index (χ1) is 16.5. The zero-order valence-corrected chi connectivity index (χ0v) is 21.2. The van der Waals surface area contributed by atoms with Crippen molar-refractivity contribution in [1.82, 2.24) is 24.6 Å². The Morgan fingerprint density at radius 3 is 2.83 bits per heavy atom. The van der Waals surface area contributed by atoms with Crippen LogP contribution in [0.1, 0.15) is 40.8 Å². The SMILES string of the molecule is CCOC(=O)C(N[PH]1(O)OC[C@H]2O[C@@H](n3cnc4c(OCC)nc(N)nc43)[C@](C)(F)[C@@H]2O1)C(C)C. The van der Waals surface area contributed by atoms with E-state index in [4.69, 9.17) is 29.0 Å². The maximum absolute atomic E-state index is 16.3. The number of halogens is 1. The molecule has 4 heterocycles. The van der Waals surface area contributed by atoms with E-state index in [2.05, 4.69) is 20.0 Å². The number of nitrogens with one attached hydrogen (secondary N) is 1. The van der Waals surface area contributed by atoms with E-state index in [1.54, 1.807) is 27.7 Å². The summed E-state index contributed by atoms with van der Waals surface area (Å²) >= 11 is 0. The van der Waals surface area contributed by atoms with Gasteiger partial charge in [-0.2, -0.15) is 0 Å². The topological polar surface area (TPSA) is 165 Å². The van der Waals surface area contributed by atoms with Crippen LogP contribution in [0.15, 0.2) is 6.33 Å². The number of fused-ring (bicyclic) bond motifs is 2. The fourth-order valence-electron chi connectivity index (χ4n) is 4.25. The van der Waals surface area contributed by atoms with Crippen LogP contribution in [0.2, 0.25) is 0 Å². The normalized spacial score (nSPS) is 29.7. The van der Waals surface area contributed by atoms with Crippen molar-refractivity contribution in [2.75, 3.05) is 25.6 Å². The zero-order chi connectivity index (χ0) is 25.5. The molecule has 2 aromatic rings. The number of anilines is 1. The van der Waals surface area contributed by atoms with Gasteiger partial charge in [-0.25, -0.2) is 0 Å². The Labute approximate surface area is 202 Å². The van der Waals surface area contributed by atoms with Gasteiger partial charge in [0.2, 0.25) is 0 Å². The van der Waals surface area contributed by atoms with Gasteiger partial charge in [-0.05, 0) is 0 Å². The molecule has 1 unspecified atom stereocenters. The van der Waals surface area contributed by atoms with Gasteiger partial charge in [0.1, 0.15) is 0 Å². The van der Waals surface area contributed by atoms with Crippen molar-refractivity contribution in [3.05, 3.63) is 6.33 Å². The number of aromatic nitrogens is 4. The summed E-state index contributed by atoms with van der Waals surface area (Å²) < 4.78 is 45.6. The summed E-state index contributed by atoms with van der Waals surface area (Å²) in [6.45, 7) is 8.67. The fraction of sp³-hybridized carbons (Fsp3) is 0.700. The molecule has 4 N–H and O–H groups in total. The van der Waals surface area contributed by atoms with Crippen LogP contribution in [0.25, 0.3) is 11.2 Å². The molecule has 13 nitrogen and oxygen atoms in total. The molecular formula is C20H32FN6O7P. The summed E-state index contributed by atoms with van der Waals surface area (Å²) in [5, 5.41) is 2.76. The predicted octanol–water partition coefficient (Wildman–Crippen LogP) is 1.43. The van der Waals surface area contributed by atoms with Gasteiger partial charge >= 0.3 is 202 Å². The average Bonchev–Trinajstić information content (AvgIpc) is 3.30. The summed E-state index contributed by atoms with van der Waals surface area (Å²) in [4.78, 5) is 36.0. The standard InChI is InChI=1S/C20H32FN6O7P/c1-6-30-16-13-15(24-19(22)25-16)27(9-23-13)18-20(5,21)14-11(33-18)8-32-35(29,34-14)26-12(10(3)4)17(28)31-7-2/h9-12,14,18,26,29,35H,6-8H2,1-5H3,(H2,22,24,25)/t11-,12?,14-,18-,20-/m1/s1. The molecule has 2 aliphatic heterocycles. The van der Waals surface area contributed by atoms with E-state index in [1.807, 2.05) is 0 Å². The Hall–Kier alpha value is -2.22. The van der Waals surface area contributed by atoms with Crippen molar-refractivity contribution in [2.24, 2.45) is 5.92 Å². The number of hydrogen-bond donors (Lipinski definition) is 3. The van der Waals surface area contributed by atoms with Crippen LogP contribution in [0.3, 0.4) is 0 Å². The number of imidazole rings is 1. The number of rotatable bonds is 8. The molecule has 196 valence electrons. The Morgan fingerprint density at radius 2 is 2.17 bits per heavy atom. The van der Waals surface area contributed by atoms with Crippen molar-refractivity contribution in [1.29, 1.82) is 0 Å². The zero-order valence-electron chi connectivity index (χ0n) is 20.2. The molecule has 4 rings (SSSR count).